The molecule has 2 heterocycles. The van der Waals surface area contributed by atoms with E-state index in [-0.39, 0.29) is 0 Å². The monoisotopic (exact) mass is 266 g/mol. The Kier molecular flexibility index (Phi) is 3.53. The van der Waals surface area contributed by atoms with E-state index in [1.807, 2.05) is 30.3 Å². The standard InChI is InChI=1S/C16H18N4/c1-2-14-11-20(8-7-18-14)16-13(10-17)9-12-5-3-4-6-15(12)19-16/h3-6,9,14,18H,2,7-8,11H2,1H3. The van der Waals surface area contributed by atoms with Crippen molar-refractivity contribution >= 4 is 16.7 Å². The summed E-state index contributed by atoms with van der Waals surface area (Å²) in [5.41, 5.74) is 1.62. The Bertz CT molecular complexity index is 659. The van der Waals surface area contributed by atoms with Gasteiger partial charge in [-0.1, -0.05) is 25.1 Å². The third kappa shape index (κ3) is 2.33. The van der Waals surface area contributed by atoms with E-state index >= 15 is 0 Å². The quantitative estimate of drug-likeness (QED) is 0.906. The van der Waals surface area contributed by atoms with Crippen molar-refractivity contribution < 1.29 is 0 Å². The van der Waals surface area contributed by atoms with Crippen molar-refractivity contribution in [1.29, 1.82) is 5.26 Å². The van der Waals surface area contributed by atoms with Crippen molar-refractivity contribution in [1.82, 2.24) is 10.3 Å². The van der Waals surface area contributed by atoms with E-state index < -0.39 is 0 Å². The second kappa shape index (κ2) is 5.48. The molecule has 1 aromatic heterocycles. The third-order valence-electron chi connectivity index (χ3n) is 3.87. The highest BCUT2D eigenvalue weighted by molar-refractivity contribution is 5.83. The second-order valence-corrected chi connectivity index (χ2v) is 5.17. The molecule has 4 heteroatoms. The zero-order chi connectivity index (χ0) is 13.9. The van der Waals surface area contributed by atoms with Crippen molar-refractivity contribution in [2.75, 3.05) is 24.5 Å². The molecule has 2 aromatic rings. The first-order valence-electron chi connectivity index (χ1n) is 7.10. The van der Waals surface area contributed by atoms with Crippen LogP contribution < -0.4 is 10.2 Å². The molecule has 0 spiro atoms. The van der Waals surface area contributed by atoms with Crippen LogP contribution in [0.2, 0.25) is 0 Å². The van der Waals surface area contributed by atoms with Gasteiger partial charge in [0.25, 0.3) is 0 Å². The molecule has 1 aliphatic rings. The van der Waals surface area contributed by atoms with E-state index in [0.29, 0.717) is 11.6 Å². The number of aromatic nitrogens is 1. The van der Waals surface area contributed by atoms with E-state index in [1.54, 1.807) is 0 Å². The van der Waals surface area contributed by atoms with Gasteiger partial charge in [0.15, 0.2) is 0 Å². The summed E-state index contributed by atoms with van der Waals surface area (Å²) in [6.45, 7) is 4.94. The van der Waals surface area contributed by atoms with Crippen LogP contribution in [-0.4, -0.2) is 30.7 Å². The van der Waals surface area contributed by atoms with Gasteiger partial charge >= 0.3 is 0 Å². The molecule has 1 atom stereocenters. The minimum absolute atomic E-state index is 0.476. The minimum Gasteiger partial charge on any atom is -0.353 e. The Balaban J connectivity index is 2.03. The Morgan fingerprint density at radius 1 is 1.45 bits per heavy atom. The predicted octanol–water partition coefficient (Wildman–Crippen LogP) is 2.29. The fourth-order valence-electron chi connectivity index (χ4n) is 2.72. The predicted molar refractivity (Wildman–Crippen MR) is 80.8 cm³/mol. The molecule has 0 saturated carbocycles. The van der Waals surface area contributed by atoms with E-state index in [0.717, 1.165) is 42.8 Å². The van der Waals surface area contributed by atoms with Crippen LogP contribution >= 0.6 is 0 Å². The molecule has 4 nitrogen and oxygen atoms in total. The summed E-state index contributed by atoms with van der Waals surface area (Å²) in [6.07, 6.45) is 1.09. The Morgan fingerprint density at radius 3 is 3.10 bits per heavy atom. The molecule has 0 bridgehead atoms. The zero-order valence-electron chi connectivity index (χ0n) is 11.6. The summed E-state index contributed by atoms with van der Waals surface area (Å²) in [5.74, 6) is 0.825. The van der Waals surface area contributed by atoms with Gasteiger partial charge in [-0.25, -0.2) is 4.98 Å². The van der Waals surface area contributed by atoms with Gasteiger partial charge in [0.2, 0.25) is 0 Å². The maximum absolute atomic E-state index is 9.40. The van der Waals surface area contributed by atoms with Crippen LogP contribution in [0.5, 0.6) is 0 Å². The van der Waals surface area contributed by atoms with Gasteiger partial charge in [0.05, 0.1) is 11.1 Å². The summed E-state index contributed by atoms with van der Waals surface area (Å²) in [7, 11) is 0. The largest absolute Gasteiger partial charge is 0.353 e. The van der Waals surface area contributed by atoms with Crippen LogP contribution in [0.1, 0.15) is 18.9 Å². The number of hydrogen-bond donors (Lipinski definition) is 1. The maximum Gasteiger partial charge on any atom is 0.147 e. The lowest BCUT2D eigenvalue weighted by atomic mass is 10.1. The highest BCUT2D eigenvalue weighted by Crippen LogP contribution is 2.24. The molecule has 1 fully saturated rings. The molecule has 1 aromatic carbocycles. The number of nitriles is 1. The molecule has 1 saturated heterocycles. The first-order valence-corrected chi connectivity index (χ1v) is 7.10. The molecule has 1 aliphatic heterocycles. The normalized spacial score (nSPS) is 19.0. The Morgan fingerprint density at radius 2 is 2.30 bits per heavy atom. The van der Waals surface area contributed by atoms with Gasteiger partial charge in [0.1, 0.15) is 11.9 Å². The highest BCUT2D eigenvalue weighted by atomic mass is 15.2. The van der Waals surface area contributed by atoms with Gasteiger partial charge in [-0.3, -0.25) is 0 Å². The average Bonchev–Trinajstić information content (AvgIpc) is 2.53. The summed E-state index contributed by atoms with van der Waals surface area (Å²) in [6, 6.07) is 12.7. The molecule has 3 rings (SSSR count). The summed E-state index contributed by atoms with van der Waals surface area (Å²) >= 11 is 0. The number of anilines is 1. The van der Waals surface area contributed by atoms with Crippen molar-refractivity contribution in [3.63, 3.8) is 0 Å². The van der Waals surface area contributed by atoms with Crippen molar-refractivity contribution in [2.24, 2.45) is 0 Å². The molecular weight excluding hydrogens is 248 g/mol. The van der Waals surface area contributed by atoms with Crippen LogP contribution in [0.15, 0.2) is 30.3 Å². The number of piperazine rings is 1. The van der Waals surface area contributed by atoms with Gasteiger partial charge in [-0.2, -0.15) is 5.26 Å². The fraction of sp³-hybridized carbons (Fsp3) is 0.375. The minimum atomic E-state index is 0.476. The number of benzene rings is 1. The van der Waals surface area contributed by atoms with Crippen molar-refractivity contribution in [2.45, 2.75) is 19.4 Å². The van der Waals surface area contributed by atoms with Gasteiger partial charge in [0, 0.05) is 31.1 Å². The van der Waals surface area contributed by atoms with E-state index in [4.69, 9.17) is 4.98 Å². The molecule has 1 unspecified atom stereocenters. The molecule has 102 valence electrons. The van der Waals surface area contributed by atoms with Crippen LogP contribution in [0.4, 0.5) is 5.82 Å². The summed E-state index contributed by atoms with van der Waals surface area (Å²) in [4.78, 5) is 6.95. The molecule has 0 radical (unpaired) electrons. The molecule has 1 N–H and O–H groups in total. The lowest BCUT2D eigenvalue weighted by molar-refractivity contribution is 0.445. The Hall–Kier alpha value is -2.12. The van der Waals surface area contributed by atoms with Crippen LogP contribution in [0.3, 0.4) is 0 Å². The lowest BCUT2D eigenvalue weighted by Crippen LogP contribution is -2.50. The van der Waals surface area contributed by atoms with Gasteiger partial charge in [-0.05, 0) is 18.6 Å². The van der Waals surface area contributed by atoms with E-state index in [2.05, 4.69) is 23.2 Å². The number of nitrogens with one attached hydrogen (secondary N) is 1. The number of nitrogens with zero attached hydrogens (tertiary/aromatic N) is 3. The molecule has 0 amide bonds. The fourth-order valence-corrected chi connectivity index (χ4v) is 2.72. The van der Waals surface area contributed by atoms with Crippen molar-refractivity contribution in [3.05, 3.63) is 35.9 Å². The van der Waals surface area contributed by atoms with E-state index in [9.17, 15) is 5.26 Å². The highest BCUT2D eigenvalue weighted by Gasteiger charge is 2.21. The molecular formula is C16H18N4. The number of para-hydroxylation sites is 1. The SMILES string of the molecule is CCC1CN(c2nc3ccccc3cc2C#N)CCN1. The third-order valence-corrected chi connectivity index (χ3v) is 3.87. The average molecular weight is 266 g/mol. The number of hydrogen-bond acceptors (Lipinski definition) is 4. The first-order chi connectivity index (χ1) is 9.81. The number of rotatable bonds is 2. The molecule has 20 heavy (non-hydrogen) atoms. The van der Waals surface area contributed by atoms with Gasteiger partial charge in [-0.15, -0.1) is 0 Å². The maximum atomic E-state index is 9.40. The summed E-state index contributed by atoms with van der Waals surface area (Å²) < 4.78 is 0. The first kappa shape index (κ1) is 12.9. The molecule has 0 aliphatic carbocycles. The van der Waals surface area contributed by atoms with Crippen LogP contribution in [0, 0.1) is 11.3 Å². The number of pyridine rings is 1. The smallest absolute Gasteiger partial charge is 0.147 e. The summed E-state index contributed by atoms with van der Waals surface area (Å²) in [5, 5.41) is 13.9. The van der Waals surface area contributed by atoms with E-state index in [1.165, 1.54) is 0 Å². The Labute approximate surface area is 119 Å². The number of fused-ring (bicyclic) bond motifs is 1. The topological polar surface area (TPSA) is 52.0 Å². The van der Waals surface area contributed by atoms with Gasteiger partial charge < -0.3 is 10.2 Å². The lowest BCUT2D eigenvalue weighted by Gasteiger charge is -2.34. The van der Waals surface area contributed by atoms with Crippen LogP contribution in [-0.2, 0) is 0 Å². The second-order valence-electron chi connectivity index (χ2n) is 5.17. The van der Waals surface area contributed by atoms with Crippen LogP contribution in [0.25, 0.3) is 10.9 Å². The zero-order valence-corrected chi connectivity index (χ0v) is 11.6. The van der Waals surface area contributed by atoms with Crippen molar-refractivity contribution in [3.8, 4) is 6.07 Å².